The summed E-state index contributed by atoms with van der Waals surface area (Å²) >= 11 is 0. The van der Waals surface area contributed by atoms with Crippen molar-refractivity contribution in [1.82, 2.24) is 0 Å². The van der Waals surface area contributed by atoms with Crippen LogP contribution < -0.4 is 0 Å². The fourth-order valence-corrected chi connectivity index (χ4v) is 2.59. The molecule has 0 N–H and O–H groups in total. The number of ether oxygens (including phenoxy) is 1. The number of ketones is 2. The van der Waals surface area contributed by atoms with Gasteiger partial charge in [-0.2, -0.15) is 0 Å². The first kappa shape index (κ1) is 14.1. The molecule has 19 heavy (non-hydrogen) atoms. The van der Waals surface area contributed by atoms with Gasteiger partial charge in [-0.15, -0.1) is 0 Å². The number of hydrogen-bond donors (Lipinski definition) is 0. The normalized spacial score (nSPS) is 33.5. The maximum absolute atomic E-state index is 12.4. The summed E-state index contributed by atoms with van der Waals surface area (Å²) in [7, 11) is 0. The summed E-state index contributed by atoms with van der Waals surface area (Å²) in [4.78, 5) is 35.5. The van der Waals surface area contributed by atoms with Crippen molar-refractivity contribution in [2.24, 2.45) is 11.8 Å². The van der Waals surface area contributed by atoms with Crippen LogP contribution in [0.15, 0.2) is 11.6 Å². The topological polar surface area (TPSA) is 63.7 Å². The molecular weight excluding hydrogens is 244 g/mol. The van der Waals surface area contributed by atoms with Gasteiger partial charge in [0.2, 0.25) is 0 Å². The molecule has 0 spiro atoms. The number of carbonyl (C=O) groups excluding carboxylic acids is 3. The monoisotopic (exact) mass is 264 g/mol. The Labute approximate surface area is 113 Å². The molecule has 1 aliphatic carbocycles. The van der Waals surface area contributed by atoms with Gasteiger partial charge < -0.3 is 9.53 Å². The average molecular weight is 264 g/mol. The van der Waals surface area contributed by atoms with E-state index in [1.807, 2.05) is 6.92 Å². The number of allylic oxidation sites excluding steroid dienone is 1. The molecule has 4 heteroatoms. The molecule has 0 aromatic heterocycles. The van der Waals surface area contributed by atoms with Crippen molar-refractivity contribution >= 4 is 17.9 Å². The van der Waals surface area contributed by atoms with Gasteiger partial charge in [0.1, 0.15) is 12.1 Å². The second kappa shape index (κ2) is 5.37. The highest BCUT2D eigenvalue weighted by atomic mass is 16.6. The molecule has 0 saturated carbocycles. The van der Waals surface area contributed by atoms with Crippen LogP contribution in [-0.4, -0.2) is 30.1 Å². The van der Waals surface area contributed by atoms with Crippen molar-refractivity contribution in [3.05, 3.63) is 11.6 Å². The molecule has 3 unspecified atom stereocenters. The lowest BCUT2D eigenvalue weighted by atomic mass is 9.76. The van der Waals surface area contributed by atoms with Crippen LogP contribution >= 0.6 is 0 Å². The molecule has 3 atom stereocenters. The fourth-order valence-electron chi connectivity index (χ4n) is 2.59. The molecular formula is C15H20O4. The van der Waals surface area contributed by atoms with Crippen LogP contribution in [0.25, 0.3) is 0 Å². The average Bonchev–Trinajstić information content (AvgIpc) is 3.16. The Morgan fingerprint density at radius 2 is 2.16 bits per heavy atom. The van der Waals surface area contributed by atoms with Gasteiger partial charge in [-0.1, -0.05) is 13.0 Å². The zero-order valence-electron chi connectivity index (χ0n) is 11.5. The van der Waals surface area contributed by atoms with E-state index in [0.717, 1.165) is 12.7 Å². The third kappa shape index (κ3) is 2.84. The minimum atomic E-state index is -0.763. The SMILES string of the molecule is CCCC(=O)C1CCC(C=O)C=C1C(=O)C1(C)CO1. The first-order valence-corrected chi connectivity index (χ1v) is 6.90. The number of aldehydes is 1. The fraction of sp³-hybridized carbons (Fsp3) is 0.667. The van der Waals surface area contributed by atoms with E-state index in [1.165, 1.54) is 0 Å². The predicted molar refractivity (Wildman–Crippen MR) is 69.6 cm³/mol. The van der Waals surface area contributed by atoms with Crippen LogP contribution in [0.2, 0.25) is 0 Å². The molecule has 1 saturated heterocycles. The largest absolute Gasteiger partial charge is 0.361 e. The van der Waals surface area contributed by atoms with E-state index < -0.39 is 5.60 Å². The lowest BCUT2D eigenvalue weighted by molar-refractivity contribution is -0.126. The minimum Gasteiger partial charge on any atom is -0.361 e. The summed E-state index contributed by atoms with van der Waals surface area (Å²) < 4.78 is 5.18. The van der Waals surface area contributed by atoms with Crippen LogP contribution in [-0.2, 0) is 19.1 Å². The van der Waals surface area contributed by atoms with Crippen LogP contribution in [0.4, 0.5) is 0 Å². The lowest BCUT2D eigenvalue weighted by Gasteiger charge is -2.26. The molecule has 104 valence electrons. The van der Waals surface area contributed by atoms with Gasteiger partial charge >= 0.3 is 0 Å². The van der Waals surface area contributed by atoms with Crippen molar-refractivity contribution in [3.8, 4) is 0 Å². The number of rotatable bonds is 6. The van der Waals surface area contributed by atoms with Gasteiger partial charge in [-0.25, -0.2) is 0 Å². The van der Waals surface area contributed by atoms with Crippen LogP contribution in [0.1, 0.15) is 39.5 Å². The first-order chi connectivity index (χ1) is 9.01. The minimum absolute atomic E-state index is 0.107. The van der Waals surface area contributed by atoms with Gasteiger partial charge in [-0.05, 0) is 26.2 Å². The molecule has 0 aromatic carbocycles. The molecule has 1 aliphatic heterocycles. The Morgan fingerprint density at radius 3 is 2.68 bits per heavy atom. The zero-order valence-corrected chi connectivity index (χ0v) is 11.5. The Balaban J connectivity index is 2.25. The highest BCUT2D eigenvalue weighted by Gasteiger charge is 2.50. The van der Waals surface area contributed by atoms with Crippen LogP contribution in [0, 0.1) is 11.8 Å². The smallest absolute Gasteiger partial charge is 0.193 e. The molecule has 0 radical (unpaired) electrons. The van der Waals surface area contributed by atoms with Gasteiger partial charge in [-0.3, -0.25) is 9.59 Å². The quantitative estimate of drug-likeness (QED) is 0.542. The van der Waals surface area contributed by atoms with Gasteiger partial charge in [0.15, 0.2) is 11.4 Å². The van der Waals surface area contributed by atoms with E-state index in [-0.39, 0.29) is 23.4 Å². The Kier molecular flexibility index (Phi) is 3.99. The van der Waals surface area contributed by atoms with E-state index in [9.17, 15) is 14.4 Å². The first-order valence-electron chi connectivity index (χ1n) is 6.90. The lowest BCUT2D eigenvalue weighted by Crippen LogP contribution is -2.33. The maximum atomic E-state index is 12.4. The standard InChI is InChI=1S/C15H20O4/c1-3-4-13(17)11-6-5-10(8-16)7-12(11)14(18)15(2)9-19-15/h7-8,10-11H,3-6,9H2,1-2H3. The Bertz CT molecular complexity index is 431. The molecule has 2 aliphatic rings. The Hall–Kier alpha value is -1.29. The summed E-state index contributed by atoms with van der Waals surface area (Å²) in [5, 5.41) is 0. The predicted octanol–water partition coefficient (Wildman–Crippen LogP) is 1.87. The van der Waals surface area contributed by atoms with Crippen molar-refractivity contribution in [3.63, 3.8) is 0 Å². The van der Waals surface area contributed by atoms with E-state index in [4.69, 9.17) is 4.74 Å². The van der Waals surface area contributed by atoms with E-state index in [1.54, 1.807) is 13.0 Å². The third-order valence-electron chi connectivity index (χ3n) is 3.94. The van der Waals surface area contributed by atoms with Crippen molar-refractivity contribution in [2.75, 3.05) is 6.61 Å². The molecule has 1 heterocycles. The third-order valence-corrected chi connectivity index (χ3v) is 3.94. The summed E-state index contributed by atoms with van der Waals surface area (Å²) in [5.41, 5.74) is -0.261. The van der Waals surface area contributed by atoms with E-state index in [2.05, 4.69) is 0 Å². The van der Waals surface area contributed by atoms with E-state index >= 15 is 0 Å². The maximum Gasteiger partial charge on any atom is 0.193 e. The van der Waals surface area contributed by atoms with Crippen LogP contribution in [0.3, 0.4) is 0 Å². The molecule has 0 amide bonds. The van der Waals surface area contributed by atoms with Gasteiger partial charge in [0.25, 0.3) is 0 Å². The second-order valence-electron chi connectivity index (χ2n) is 5.62. The van der Waals surface area contributed by atoms with Crippen molar-refractivity contribution in [2.45, 2.75) is 45.1 Å². The number of hydrogen-bond acceptors (Lipinski definition) is 4. The summed E-state index contributed by atoms with van der Waals surface area (Å²) in [5.74, 6) is -0.596. The molecule has 0 aromatic rings. The van der Waals surface area contributed by atoms with Gasteiger partial charge in [0, 0.05) is 23.8 Å². The van der Waals surface area contributed by atoms with E-state index in [0.29, 0.717) is 31.4 Å². The van der Waals surface area contributed by atoms with Crippen LogP contribution in [0.5, 0.6) is 0 Å². The summed E-state index contributed by atoms with van der Waals surface area (Å²) in [6.45, 7) is 4.09. The zero-order chi connectivity index (χ0) is 14.0. The number of Topliss-reactive ketones (excluding diaryl/α,β-unsaturated/α-hetero) is 2. The Morgan fingerprint density at radius 1 is 1.47 bits per heavy atom. The molecule has 4 nitrogen and oxygen atoms in total. The summed E-state index contributed by atoms with van der Waals surface area (Å²) in [6, 6.07) is 0. The second-order valence-corrected chi connectivity index (χ2v) is 5.62. The molecule has 1 fully saturated rings. The highest BCUT2D eigenvalue weighted by molar-refractivity contribution is 6.08. The highest BCUT2D eigenvalue weighted by Crippen LogP contribution is 2.37. The number of epoxide rings is 1. The number of carbonyl (C=O) groups is 3. The van der Waals surface area contributed by atoms with Crippen molar-refractivity contribution < 1.29 is 19.1 Å². The molecule has 0 bridgehead atoms. The summed E-state index contributed by atoms with van der Waals surface area (Å²) in [6.07, 6.45) is 5.04. The van der Waals surface area contributed by atoms with Gasteiger partial charge in [0.05, 0.1) is 6.61 Å². The van der Waals surface area contributed by atoms with Crippen molar-refractivity contribution in [1.29, 1.82) is 0 Å². The molecule has 2 rings (SSSR count).